The molecule has 1 aromatic heterocycles. The van der Waals surface area contributed by atoms with E-state index >= 15 is 0 Å². The van der Waals surface area contributed by atoms with Crippen molar-refractivity contribution in [2.24, 2.45) is 5.41 Å². The third kappa shape index (κ3) is 2.63. The van der Waals surface area contributed by atoms with E-state index in [4.69, 9.17) is 4.52 Å². The molecule has 1 atom stereocenters. The lowest BCUT2D eigenvalue weighted by Gasteiger charge is -2.38. The fraction of sp³-hybridized carbons (Fsp3) is 0.750. The predicted molar refractivity (Wildman–Crippen MR) is 83.6 cm³/mol. The van der Waals surface area contributed by atoms with E-state index in [1.807, 2.05) is 0 Å². The molecule has 1 aliphatic carbocycles. The Morgan fingerprint density at radius 3 is 2.54 bits per heavy atom. The standard InChI is InChI=1S/C16H22N4O4/c1-10(21)20-9-16(8-12(20)14(22)23)4-6-19(7-5-16)15-17-13(24-18-15)11-2-3-11/h11-12H,2-9H2,1H3,(H,22,23). The summed E-state index contributed by atoms with van der Waals surface area (Å²) in [6.45, 7) is 3.51. The molecule has 0 aromatic carbocycles. The Labute approximate surface area is 139 Å². The predicted octanol–water partition coefficient (Wildman–Crippen LogP) is 1.24. The van der Waals surface area contributed by atoms with Crippen LogP contribution in [0, 0.1) is 5.41 Å². The van der Waals surface area contributed by atoms with Crippen LogP contribution in [0.5, 0.6) is 0 Å². The van der Waals surface area contributed by atoms with Gasteiger partial charge in [-0.15, -0.1) is 0 Å². The van der Waals surface area contributed by atoms with Gasteiger partial charge in [0, 0.05) is 32.5 Å². The van der Waals surface area contributed by atoms with Crippen molar-refractivity contribution in [2.75, 3.05) is 24.5 Å². The molecule has 1 unspecified atom stereocenters. The molecule has 2 aliphatic heterocycles. The van der Waals surface area contributed by atoms with E-state index in [9.17, 15) is 14.7 Å². The lowest BCUT2D eigenvalue weighted by molar-refractivity contribution is -0.147. The molecule has 4 rings (SSSR count). The quantitative estimate of drug-likeness (QED) is 0.887. The SMILES string of the molecule is CC(=O)N1CC2(CCN(c3noc(C4CC4)n3)CC2)CC1C(=O)O. The number of carbonyl (C=O) groups is 2. The Bertz CT molecular complexity index is 637. The summed E-state index contributed by atoms with van der Waals surface area (Å²) in [5.74, 6) is 0.756. The highest BCUT2D eigenvalue weighted by atomic mass is 16.5. The molecule has 3 aliphatic rings. The number of aliphatic carboxylic acids is 1. The largest absolute Gasteiger partial charge is 0.480 e. The van der Waals surface area contributed by atoms with Gasteiger partial charge in [-0.05, 0) is 42.7 Å². The van der Waals surface area contributed by atoms with Crippen molar-refractivity contribution in [3.63, 3.8) is 0 Å². The number of anilines is 1. The molecule has 130 valence electrons. The number of nitrogens with zero attached hydrogens (tertiary/aromatic N) is 4. The first kappa shape index (κ1) is 15.4. The van der Waals surface area contributed by atoms with E-state index in [1.54, 1.807) is 0 Å². The van der Waals surface area contributed by atoms with Gasteiger partial charge in [-0.2, -0.15) is 4.98 Å². The van der Waals surface area contributed by atoms with Crippen molar-refractivity contribution >= 4 is 17.8 Å². The first-order chi connectivity index (χ1) is 11.5. The molecule has 0 radical (unpaired) electrons. The maximum absolute atomic E-state index is 11.8. The van der Waals surface area contributed by atoms with Crippen LogP contribution in [0.3, 0.4) is 0 Å². The Morgan fingerprint density at radius 2 is 2.00 bits per heavy atom. The lowest BCUT2D eigenvalue weighted by Crippen LogP contribution is -2.42. The summed E-state index contributed by atoms with van der Waals surface area (Å²) in [4.78, 5) is 31.3. The summed E-state index contributed by atoms with van der Waals surface area (Å²) in [5, 5.41) is 13.5. The molecule has 3 fully saturated rings. The van der Waals surface area contributed by atoms with Crippen LogP contribution in [0.4, 0.5) is 5.95 Å². The van der Waals surface area contributed by atoms with Gasteiger partial charge in [-0.1, -0.05) is 0 Å². The van der Waals surface area contributed by atoms with Crippen molar-refractivity contribution in [1.82, 2.24) is 15.0 Å². The molecule has 1 saturated carbocycles. The number of hydrogen-bond acceptors (Lipinski definition) is 6. The van der Waals surface area contributed by atoms with Gasteiger partial charge in [0.25, 0.3) is 5.95 Å². The number of aromatic nitrogens is 2. The summed E-state index contributed by atoms with van der Waals surface area (Å²) in [6.07, 6.45) is 4.47. The maximum atomic E-state index is 11.8. The highest BCUT2D eigenvalue weighted by Crippen LogP contribution is 2.44. The first-order valence-electron chi connectivity index (χ1n) is 8.56. The molecule has 1 aromatic rings. The minimum Gasteiger partial charge on any atom is -0.480 e. The number of piperidine rings is 1. The fourth-order valence-electron chi connectivity index (χ4n) is 4.00. The van der Waals surface area contributed by atoms with E-state index in [2.05, 4.69) is 15.0 Å². The van der Waals surface area contributed by atoms with Gasteiger partial charge in [0.2, 0.25) is 11.8 Å². The Balaban J connectivity index is 1.43. The van der Waals surface area contributed by atoms with Crippen LogP contribution >= 0.6 is 0 Å². The van der Waals surface area contributed by atoms with E-state index in [-0.39, 0.29) is 11.3 Å². The van der Waals surface area contributed by atoms with Crippen LogP contribution in [0.2, 0.25) is 0 Å². The van der Waals surface area contributed by atoms with E-state index in [0.29, 0.717) is 24.8 Å². The molecule has 1 spiro atoms. The topological polar surface area (TPSA) is 99.8 Å². The summed E-state index contributed by atoms with van der Waals surface area (Å²) in [5.41, 5.74) is -0.103. The first-order valence-corrected chi connectivity index (χ1v) is 8.56. The second kappa shape index (κ2) is 5.46. The summed E-state index contributed by atoms with van der Waals surface area (Å²) in [7, 11) is 0. The summed E-state index contributed by atoms with van der Waals surface area (Å²) < 4.78 is 5.32. The lowest BCUT2D eigenvalue weighted by atomic mass is 9.76. The number of amides is 1. The van der Waals surface area contributed by atoms with Crippen LogP contribution in [-0.2, 0) is 9.59 Å². The third-order valence-corrected chi connectivity index (χ3v) is 5.66. The Hall–Kier alpha value is -2.12. The molecule has 3 heterocycles. The average molecular weight is 334 g/mol. The summed E-state index contributed by atoms with van der Waals surface area (Å²) >= 11 is 0. The highest BCUT2D eigenvalue weighted by Gasteiger charge is 2.49. The number of carbonyl (C=O) groups excluding carboxylic acids is 1. The van der Waals surface area contributed by atoms with Crippen molar-refractivity contribution in [1.29, 1.82) is 0 Å². The number of likely N-dealkylation sites (tertiary alicyclic amines) is 1. The average Bonchev–Trinajstić information content (AvgIpc) is 3.16. The van der Waals surface area contributed by atoms with Crippen LogP contribution in [-0.4, -0.2) is 57.7 Å². The Kier molecular flexibility index (Phi) is 3.51. The molecule has 8 nitrogen and oxygen atoms in total. The van der Waals surface area contributed by atoms with Crippen LogP contribution in [0.15, 0.2) is 4.52 Å². The van der Waals surface area contributed by atoms with Crippen LogP contribution in [0.25, 0.3) is 0 Å². The third-order valence-electron chi connectivity index (χ3n) is 5.66. The van der Waals surface area contributed by atoms with Crippen LogP contribution < -0.4 is 4.90 Å². The highest BCUT2D eigenvalue weighted by molar-refractivity contribution is 5.83. The van der Waals surface area contributed by atoms with Crippen LogP contribution in [0.1, 0.15) is 50.8 Å². The smallest absolute Gasteiger partial charge is 0.326 e. The molecule has 1 N–H and O–H groups in total. The molecule has 24 heavy (non-hydrogen) atoms. The molecule has 0 bridgehead atoms. The number of carboxylic acid groups (broad SMARTS) is 1. The van der Waals surface area contributed by atoms with Crippen molar-refractivity contribution in [3.05, 3.63) is 5.89 Å². The fourth-order valence-corrected chi connectivity index (χ4v) is 4.00. The van der Waals surface area contributed by atoms with Gasteiger partial charge in [-0.3, -0.25) is 4.79 Å². The zero-order valence-corrected chi connectivity index (χ0v) is 13.8. The van der Waals surface area contributed by atoms with Gasteiger partial charge in [-0.25, -0.2) is 4.79 Å². The number of rotatable bonds is 3. The molecular weight excluding hydrogens is 312 g/mol. The zero-order chi connectivity index (χ0) is 16.9. The normalized spacial score (nSPS) is 26.1. The minimum atomic E-state index is -0.906. The number of hydrogen-bond donors (Lipinski definition) is 1. The van der Waals surface area contributed by atoms with E-state index < -0.39 is 12.0 Å². The molecular formula is C16H22N4O4. The van der Waals surface area contributed by atoms with E-state index in [0.717, 1.165) is 44.7 Å². The van der Waals surface area contributed by atoms with Gasteiger partial charge in [0.05, 0.1) is 0 Å². The van der Waals surface area contributed by atoms with Gasteiger partial charge < -0.3 is 19.4 Å². The van der Waals surface area contributed by atoms with E-state index in [1.165, 1.54) is 11.8 Å². The zero-order valence-electron chi connectivity index (χ0n) is 13.8. The van der Waals surface area contributed by atoms with Gasteiger partial charge in [0.15, 0.2) is 0 Å². The second-order valence-electron chi connectivity index (χ2n) is 7.40. The minimum absolute atomic E-state index is 0.103. The Morgan fingerprint density at radius 1 is 1.29 bits per heavy atom. The van der Waals surface area contributed by atoms with Gasteiger partial charge >= 0.3 is 5.97 Å². The maximum Gasteiger partial charge on any atom is 0.326 e. The van der Waals surface area contributed by atoms with Crippen molar-refractivity contribution < 1.29 is 19.2 Å². The number of carboxylic acids is 1. The monoisotopic (exact) mass is 334 g/mol. The molecule has 1 amide bonds. The van der Waals surface area contributed by atoms with Crippen molar-refractivity contribution in [2.45, 2.75) is 51.0 Å². The molecule has 8 heteroatoms. The second-order valence-corrected chi connectivity index (χ2v) is 7.40. The van der Waals surface area contributed by atoms with Crippen molar-refractivity contribution in [3.8, 4) is 0 Å². The molecule has 2 saturated heterocycles. The summed E-state index contributed by atoms with van der Waals surface area (Å²) in [6, 6.07) is -0.694. The van der Waals surface area contributed by atoms with Gasteiger partial charge in [0.1, 0.15) is 6.04 Å².